The van der Waals surface area contributed by atoms with Crippen LogP contribution in [0.3, 0.4) is 0 Å². The van der Waals surface area contributed by atoms with Gasteiger partial charge in [-0.15, -0.1) is 6.58 Å². The van der Waals surface area contributed by atoms with E-state index in [9.17, 15) is 4.79 Å². The van der Waals surface area contributed by atoms with Crippen molar-refractivity contribution >= 4 is 17.3 Å². The topological polar surface area (TPSA) is 46.3 Å². The number of fused-ring (bicyclic) bond motifs is 1. The van der Waals surface area contributed by atoms with Gasteiger partial charge in [0.25, 0.3) is 0 Å². The monoisotopic (exact) mass is 202 g/mol. The molecular weight excluding hydrogens is 188 g/mol. The van der Waals surface area contributed by atoms with Crippen molar-refractivity contribution in [2.75, 3.05) is 17.2 Å². The van der Waals surface area contributed by atoms with E-state index in [1.54, 1.807) is 11.0 Å². The number of nitrogen functional groups attached to an aromatic ring is 1. The molecular formula is C12H14N2O. The van der Waals surface area contributed by atoms with Gasteiger partial charge in [0, 0.05) is 24.3 Å². The predicted molar refractivity (Wildman–Crippen MR) is 61.7 cm³/mol. The second-order valence-electron chi connectivity index (χ2n) is 3.68. The van der Waals surface area contributed by atoms with Crippen molar-refractivity contribution in [2.45, 2.75) is 12.8 Å². The van der Waals surface area contributed by atoms with Gasteiger partial charge in [-0.2, -0.15) is 0 Å². The highest BCUT2D eigenvalue weighted by Crippen LogP contribution is 2.29. The fourth-order valence-corrected chi connectivity index (χ4v) is 1.91. The second kappa shape index (κ2) is 3.77. The van der Waals surface area contributed by atoms with Gasteiger partial charge in [0.05, 0.1) is 0 Å². The molecule has 0 saturated heterocycles. The maximum Gasteiger partial charge on any atom is 0.227 e. The van der Waals surface area contributed by atoms with E-state index in [-0.39, 0.29) is 5.91 Å². The molecule has 0 aliphatic carbocycles. The van der Waals surface area contributed by atoms with Gasteiger partial charge in [0.2, 0.25) is 5.91 Å². The molecule has 0 aromatic heterocycles. The number of hydrogen-bond donors (Lipinski definition) is 1. The number of carbonyl (C=O) groups is 1. The quantitative estimate of drug-likeness (QED) is 0.586. The first-order chi connectivity index (χ1) is 7.22. The van der Waals surface area contributed by atoms with Gasteiger partial charge in [-0.25, -0.2) is 0 Å². The second-order valence-corrected chi connectivity index (χ2v) is 3.68. The highest BCUT2D eigenvalue weighted by Gasteiger charge is 2.22. The number of nitrogens with zero attached hydrogens (tertiary/aromatic N) is 1. The van der Waals surface area contributed by atoms with E-state index in [1.165, 1.54) is 0 Å². The van der Waals surface area contributed by atoms with Crippen LogP contribution < -0.4 is 10.6 Å². The van der Waals surface area contributed by atoms with Crippen LogP contribution >= 0.6 is 0 Å². The van der Waals surface area contributed by atoms with Crippen LogP contribution in [0.25, 0.3) is 0 Å². The number of aryl methyl sites for hydroxylation is 1. The summed E-state index contributed by atoms with van der Waals surface area (Å²) in [6.45, 7) is 4.23. The maximum atomic E-state index is 11.7. The normalized spacial score (nSPS) is 14.9. The van der Waals surface area contributed by atoms with Crippen molar-refractivity contribution < 1.29 is 4.79 Å². The fourth-order valence-electron chi connectivity index (χ4n) is 1.91. The molecule has 15 heavy (non-hydrogen) atoms. The molecule has 0 fully saturated rings. The fraction of sp³-hybridized carbons (Fsp3) is 0.250. The molecule has 2 rings (SSSR count). The van der Waals surface area contributed by atoms with Gasteiger partial charge >= 0.3 is 0 Å². The summed E-state index contributed by atoms with van der Waals surface area (Å²) in [6, 6.07) is 5.68. The Balaban J connectivity index is 2.43. The number of carbonyl (C=O) groups excluding carboxylic acids is 1. The molecule has 78 valence electrons. The van der Waals surface area contributed by atoms with Crippen LogP contribution in [0, 0.1) is 0 Å². The molecule has 1 aromatic rings. The summed E-state index contributed by atoms with van der Waals surface area (Å²) < 4.78 is 0. The third-order valence-corrected chi connectivity index (χ3v) is 2.62. The summed E-state index contributed by atoms with van der Waals surface area (Å²) in [5, 5.41) is 0. The van der Waals surface area contributed by atoms with Crippen LogP contribution in [-0.4, -0.2) is 12.5 Å². The third-order valence-electron chi connectivity index (χ3n) is 2.62. The molecule has 0 atom stereocenters. The van der Waals surface area contributed by atoms with Crippen LogP contribution in [0.2, 0.25) is 0 Å². The minimum atomic E-state index is 0.159. The van der Waals surface area contributed by atoms with Crippen LogP contribution in [-0.2, 0) is 11.2 Å². The molecule has 1 heterocycles. The molecule has 1 aliphatic rings. The van der Waals surface area contributed by atoms with Crippen molar-refractivity contribution in [3.8, 4) is 0 Å². The zero-order valence-corrected chi connectivity index (χ0v) is 8.57. The van der Waals surface area contributed by atoms with Crippen molar-refractivity contribution in [1.29, 1.82) is 0 Å². The SMILES string of the molecule is C=CCN1C(=O)CCc2cc(N)ccc21. The Hall–Kier alpha value is -1.77. The minimum Gasteiger partial charge on any atom is -0.399 e. The molecule has 3 nitrogen and oxygen atoms in total. The lowest BCUT2D eigenvalue weighted by atomic mass is 10.0. The zero-order chi connectivity index (χ0) is 10.8. The summed E-state index contributed by atoms with van der Waals surface area (Å²) in [5.41, 5.74) is 8.59. The number of amides is 1. The number of benzene rings is 1. The maximum absolute atomic E-state index is 11.7. The number of rotatable bonds is 2. The average molecular weight is 202 g/mol. The molecule has 0 bridgehead atoms. The first kappa shape index (κ1) is 9.77. The smallest absolute Gasteiger partial charge is 0.227 e. The lowest BCUT2D eigenvalue weighted by Crippen LogP contribution is -2.35. The standard InChI is InChI=1S/C12H14N2O/c1-2-7-14-11-5-4-10(13)8-9(11)3-6-12(14)15/h2,4-5,8H,1,3,6-7,13H2. The molecule has 0 saturated carbocycles. The minimum absolute atomic E-state index is 0.159. The highest BCUT2D eigenvalue weighted by atomic mass is 16.2. The summed E-state index contributed by atoms with van der Waals surface area (Å²) >= 11 is 0. The molecule has 0 spiro atoms. The van der Waals surface area contributed by atoms with E-state index in [1.807, 2.05) is 18.2 Å². The first-order valence-electron chi connectivity index (χ1n) is 5.02. The van der Waals surface area contributed by atoms with E-state index in [0.717, 1.165) is 23.4 Å². The first-order valence-corrected chi connectivity index (χ1v) is 5.02. The van der Waals surface area contributed by atoms with Gasteiger partial charge < -0.3 is 10.6 Å². The Bertz CT molecular complexity index is 412. The number of nitrogens with two attached hydrogens (primary N) is 1. The van der Waals surface area contributed by atoms with Gasteiger partial charge in [0.1, 0.15) is 0 Å². The Morgan fingerprint density at radius 3 is 3.00 bits per heavy atom. The molecule has 1 amide bonds. The van der Waals surface area contributed by atoms with Gasteiger partial charge in [0.15, 0.2) is 0 Å². The Morgan fingerprint density at radius 2 is 2.27 bits per heavy atom. The Kier molecular flexibility index (Phi) is 2.46. The van der Waals surface area contributed by atoms with Crippen LogP contribution in [0.4, 0.5) is 11.4 Å². The van der Waals surface area contributed by atoms with Crippen LogP contribution in [0.1, 0.15) is 12.0 Å². The molecule has 2 N–H and O–H groups in total. The van der Waals surface area contributed by atoms with Gasteiger partial charge in [-0.3, -0.25) is 4.79 Å². The van der Waals surface area contributed by atoms with E-state index in [4.69, 9.17) is 5.73 Å². The van der Waals surface area contributed by atoms with E-state index in [0.29, 0.717) is 13.0 Å². The van der Waals surface area contributed by atoms with Crippen LogP contribution in [0.15, 0.2) is 30.9 Å². The molecule has 3 heteroatoms. The average Bonchev–Trinajstić information content (AvgIpc) is 2.22. The van der Waals surface area contributed by atoms with Crippen molar-refractivity contribution in [3.05, 3.63) is 36.4 Å². The Morgan fingerprint density at radius 1 is 1.47 bits per heavy atom. The lowest BCUT2D eigenvalue weighted by molar-refractivity contribution is -0.118. The molecule has 0 unspecified atom stereocenters. The predicted octanol–water partition coefficient (Wildman–Crippen LogP) is 1.73. The largest absolute Gasteiger partial charge is 0.399 e. The van der Waals surface area contributed by atoms with Crippen LogP contribution in [0.5, 0.6) is 0 Å². The van der Waals surface area contributed by atoms with Crippen molar-refractivity contribution in [2.24, 2.45) is 0 Å². The summed E-state index contributed by atoms with van der Waals surface area (Å²) in [7, 11) is 0. The molecule has 0 radical (unpaired) electrons. The van der Waals surface area contributed by atoms with Crippen molar-refractivity contribution in [1.82, 2.24) is 0 Å². The zero-order valence-electron chi connectivity index (χ0n) is 8.57. The van der Waals surface area contributed by atoms with Gasteiger partial charge in [-0.1, -0.05) is 6.08 Å². The van der Waals surface area contributed by atoms with Gasteiger partial charge in [-0.05, 0) is 30.2 Å². The highest BCUT2D eigenvalue weighted by molar-refractivity contribution is 5.96. The molecule has 1 aromatic carbocycles. The number of anilines is 2. The van der Waals surface area contributed by atoms with E-state index < -0.39 is 0 Å². The number of hydrogen-bond acceptors (Lipinski definition) is 2. The summed E-state index contributed by atoms with van der Waals surface area (Å²) in [6.07, 6.45) is 3.08. The van der Waals surface area contributed by atoms with E-state index in [2.05, 4.69) is 6.58 Å². The third kappa shape index (κ3) is 1.73. The lowest BCUT2D eigenvalue weighted by Gasteiger charge is -2.28. The Labute approximate surface area is 89.2 Å². The molecule has 1 aliphatic heterocycles. The van der Waals surface area contributed by atoms with Crippen molar-refractivity contribution in [3.63, 3.8) is 0 Å². The summed E-state index contributed by atoms with van der Waals surface area (Å²) in [4.78, 5) is 13.4. The summed E-state index contributed by atoms with van der Waals surface area (Å²) in [5.74, 6) is 0.159. The van der Waals surface area contributed by atoms with E-state index >= 15 is 0 Å².